The van der Waals surface area contributed by atoms with Gasteiger partial charge in [-0.2, -0.15) is 0 Å². The summed E-state index contributed by atoms with van der Waals surface area (Å²) < 4.78 is 5.85. The van der Waals surface area contributed by atoms with E-state index in [9.17, 15) is 4.79 Å². The molecule has 5 heteroatoms. The van der Waals surface area contributed by atoms with Crippen molar-refractivity contribution in [2.45, 2.75) is 51.7 Å². The first-order chi connectivity index (χ1) is 8.69. The summed E-state index contributed by atoms with van der Waals surface area (Å²) in [4.78, 5) is 14.7. The van der Waals surface area contributed by atoms with Gasteiger partial charge >= 0.3 is 5.97 Å². The third-order valence-corrected chi connectivity index (χ3v) is 4.39. The lowest BCUT2D eigenvalue weighted by Gasteiger charge is -2.28. The zero-order valence-electron chi connectivity index (χ0n) is 10.6. The molecule has 1 heterocycles. The third-order valence-electron chi connectivity index (χ3n) is 3.51. The third kappa shape index (κ3) is 3.53. The fourth-order valence-corrected chi connectivity index (χ4v) is 3.08. The standard InChI is InChI=1S/C13H19NO3S/c1-2-9-4-3-5-11(6-9)17-7-10-8-18-12(14-10)13(15)16/h8-9,11H,2-7H2,1H3,(H,15,16). The molecule has 2 unspecified atom stereocenters. The highest BCUT2D eigenvalue weighted by Crippen LogP contribution is 2.29. The van der Waals surface area contributed by atoms with Crippen LogP contribution >= 0.6 is 11.3 Å². The molecule has 1 aliphatic carbocycles. The number of hydrogen-bond acceptors (Lipinski definition) is 4. The lowest BCUT2D eigenvalue weighted by Crippen LogP contribution is -2.22. The Morgan fingerprint density at radius 1 is 1.61 bits per heavy atom. The molecule has 1 aromatic heterocycles. The number of aromatic carboxylic acids is 1. The highest BCUT2D eigenvalue weighted by Gasteiger charge is 2.21. The molecule has 100 valence electrons. The minimum atomic E-state index is -0.963. The summed E-state index contributed by atoms with van der Waals surface area (Å²) >= 11 is 1.16. The molecular weight excluding hydrogens is 250 g/mol. The van der Waals surface area contributed by atoms with Crippen LogP contribution in [-0.2, 0) is 11.3 Å². The molecule has 1 N–H and O–H groups in total. The lowest BCUT2D eigenvalue weighted by atomic mass is 9.85. The second-order valence-electron chi connectivity index (χ2n) is 4.82. The number of rotatable bonds is 5. The van der Waals surface area contributed by atoms with Crippen LogP contribution in [0.15, 0.2) is 5.38 Å². The molecule has 18 heavy (non-hydrogen) atoms. The van der Waals surface area contributed by atoms with Gasteiger partial charge in [0, 0.05) is 5.38 Å². The molecule has 4 nitrogen and oxygen atoms in total. The van der Waals surface area contributed by atoms with E-state index in [-0.39, 0.29) is 5.01 Å². The lowest BCUT2D eigenvalue weighted by molar-refractivity contribution is 0.000499. The molecule has 2 atom stereocenters. The first-order valence-electron chi connectivity index (χ1n) is 6.48. The largest absolute Gasteiger partial charge is 0.476 e. The topological polar surface area (TPSA) is 59.4 Å². The number of ether oxygens (including phenoxy) is 1. The van der Waals surface area contributed by atoms with Crippen LogP contribution in [0.2, 0.25) is 0 Å². The molecule has 0 spiro atoms. The fourth-order valence-electron chi connectivity index (χ4n) is 2.44. The van der Waals surface area contributed by atoms with Crippen LogP contribution in [0.1, 0.15) is 54.5 Å². The predicted octanol–water partition coefficient (Wildman–Crippen LogP) is 3.33. The molecule has 0 radical (unpaired) electrons. The normalized spacial score (nSPS) is 24.1. The average molecular weight is 269 g/mol. The molecule has 0 saturated heterocycles. The van der Waals surface area contributed by atoms with E-state index in [0.29, 0.717) is 12.7 Å². The van der Waals surface area contributed by atoms with Gasteiger partial charge in [0.15, 0.2) is 0 Å². The second kappa shape index (κ2) is 6.29. The Hall–Kier alpha value is -0.940. The minimum absolute atomic E-state index is 0.142. The molecule has 0 aliphatic heterocycles. The van der Waals surface area contributed by atoms with Crippen LogP contribution < -0.4 is 0 Å². The van der Waals surface area contributed by atoms with E-state index in [2.05, 4.69) is 11.9 Å². The van der Waals surface area contributed by atoms with Gasteiger partial charge < -0.3 is 9.84 Å². The van der Waals surface area contributed by atoms with Crippen LogP contribution in [0, 0.1) is 5.92 Å². The molecule has 0 bridgehead atoms. The molecule has 1 aliphatic rings. The summed E-state index contributed by atoms with van der Waals surface area (Å²) in [5.74, 6) is -0.177. The molecule has 0 amide bonds. The van der Waals surface area contributed by atoms with E-state index in [1.165, 1.54) is 19.3 Å². The summed E-state index contributed by atoms with van der Waals surface area (Å²) in [6, 6.07) is 0. The Labute approximate surface area is 111 Å². The minimum Gasteiger partial charge on any atom is -0.476 e. The smallest absolute Gasteiger partial charge is 0.365 e. The van der Waals surface area contributed by atoms with E-state index in [1.54, 1.807) is 5.38 Å². The number of aromatic nitrogens is 1. The van der Waals surface area contributed by atoms with Crippen LogP contribution in [0.3, 0.4) is 0 Å². The van der Waals surface area contributed by atoms with Crippen LogP contribution in [0.4, 0.5) is 0 Å². The molecule has 1 aromatic rings. The van der Waals surface area contributed by atoms with Crippen molar-refractivity contribution in [3.63, 3.8) is 0 Å². The maximum atomic E-state index is 10.7. The van der Waals surface area contributed by atoms with Crippen molar-refractivity contribution < 1.29 is 14.6 Å². The maximum Gasteiger partial charge on any atom is 0.365 e. The molecular formula is C13H19NO3S. The van der Waals surface area contributed by atoms with Gasteiger partial charge in [-0.3, -0.25) is 0 Å². The second-order valence-corrected chi connectivity index (χ2v) is 5.68. The van der Waals surface area contributed by atoms with Crippen molar-refractivity contribution in [2.24, 2.45) is 5.92 Å². The number of carbonyl (C=O) groups is 1. The van der Waals surface area contributed by atoms with E-state index in [0.717, 1.165) is 35.8 Å². The summed E-state index contributed by atoms with van der Waals surface area (Å²) in [6.45, 7) is 2.66. The van der Waals surface area contributed by atoms with Crippen molar-refractivity contribution in [1.82, 2.24) is 4.98 Å². The zero-order valence-corrected chi connectivity index (χ0v) is 11.4. The predicted molar refractivity (Wildman–Crippen MR) is 69.9 cm³/mol. The average Bonchev–Trinajstić information content (AvgIpc) is 2.85. The van der Waals surface area contributed by atoms with Crippen LogP contribution in [-0.4, -0.2) is 22.2 Å². The van der Waals surface area contributed by atoms with E-state index < -0.39 is 5.97 Å². The number of nitrogens with zero attached hydrogens (tertiary/aromatic N) is 1. The Bertz CT molecular complexity index is 405. The monoisotopic (exact) mass is 269 g/mol. The van der Waals surface area contributed by atoms with Gasteiger partial charge in [0.1, 0.15) is 0 Å². The summed E-state index contributed by atoms with van der Waals surface area (Å²) in [6.07, 6.45) is 6.34. The molecule has 1 saturated carbocycles. The summed E-state index contributed by atoms with van der Waals surface area (Å²) in [7, 11) is 0. The fraction of sp³-hybridized carbons (Fsp3) is 0.692. The van der Waals surface area contributed by atoms with Crippen LogP contribution in [0.25, 0.3) is 0 Å². The van der Waals surface area contributed by atoms with Gasteiger partial charge in [0.2, 0.25) is 5.01 Å². The van der Waals surface area contributed by atoms with Crippen molar-refractivity contribution in [3.05, 3.63) is 16.1 Å². The Morgan fingerprint density at radius 3 is 3.11 bits per heavy atom. The van der Waals surface area contributed by atoms with Crippen LogP contribution in [0.5, 0.6) is 0 Å². The molecule has 2 rings (SSSR count). The summed E-state index contributed by atoms with van der Waals surface area (Å²) in [5, 5.41) is 10.7. The van der Waals surface area contributed by atoms with Crippen molar-refractivity contribution in [2.75, 3.05) is 0 Å². The van der Waals surface area contributed by atoms with Crippen molar-refractivity contribution in [3.8, 4) is 0 Å². The van der Waals surface area contributed by atoms with Gasteiger partial charge in [0.25, 0.3) is 0 Å². The van der Waals surface area contributed by atoms with Gasteiger partial charge in [-0.05, 0) is 18.8 Å². The first kappa shape index (κ1) is 13.5. The Balaban J connectivity index is 1.81. The number of thiazole rings is 1. The zero-order chi connectivity index (χ0) is 13.0. The molecule has 1 fully saturated rings. The Morgan fingerprint density at radius 2 is 2.44 bits per heavy atom. The highest BCUT2D eigenvalue weighted by molar-refractivity contribution is 7.11. The number of carboxylic acids is 1. The quantitative estimate of drug-likeness (QED) is 0.890. The number of hydrogen-bond donors (Lipinski definition) is 1. The van der Waals surface area contributed by atoms with E-state index >= 15 is 0 Å². The molecule has 0 aromatic carbocycles. The summed E-state index contributed by atoms with van der Waals surface area (Å²) in [5.41, 5.74) is 0.732. The Kier molecular flexibility index (Phi) is 4.72. The van der Waals surface area contributed by atoms with Gasteiger partial charge in [-0.25, -0.2) is 9.78 Å². The van der Waals surface area contributed by atoms with Gasteiger partial charge in [0.05, 0.1) is 18.4 Å². The van der Waals surface area contributed by atoms with Crippen molar-refractivity contribution in [1.29, 1.82) is 0 Å². The SMILES string of the molecule is CCC1CCCC(OCc2csc(C(=O)O)n2)C1. The first-order valence-corrected chi connectivity index (χ1v) is 7.36. The van der Waals surface area contributed by atoms with Gasteiger partial charge in [-0.1, -0.05) is 26.2 Å². The maximum absolute atomic E-state index is 10.7. The highest BCUT2D eigenvalue weighted by atomic mass is 32.1. The van der Waals surface area contributed by atoms with Gasteiger partial charge in [-0.15, -0.1) is 11.3 Å². The van der Waals surface area contributed by atoms with E-state index in [1.807, 2.05) is 0 Å². The number of carboxylic acid groups (broad SMARTS) is 1. The van der Waals surface area contributed by atoms with E-state index in [4.69, 9.17) is 9.84 Å². The van der Waals surface area contributed by atoms with Crippen molar-refractivity contribution >= 4 is 17.3 Å².